The van der Waals surface area contributed by atoms with Gasteiger partial charge in [-0.1, -0.05) is 52.7 Å². The molecule has 1 aromatic rings. The Morgan fingerprint density at radius 3 is 2.49 bits per heavy atom. The van der Waals surface area contributed by atoms with Crippen molar-refractivity contribution in [3.05, 3.63) is 59.2 Å². The minimum absolute atomic E-state index is 0.180. The van der Waals surface area contributed by atoms with Crippen molar-refractivity contribution in [2.45, 2.75) is 78.0 Å². The van der Waals surface area contributed by atoms with Crippen LogP contribution in [0.25, 0.3) is 0 Å². The van der Waals surface area contributed by atoms with Crippen LogP contribution in [0.15, 0.2) is 58.8 Å². The van der Waals surface area contributed by atoms with Crippen molar-refractivity contribution in [3.63, 3.8) is 0 Å². The molecule has 3 fully saturated rings. The van der Waals surface area contributed by atoms with Crippen LogP contribution >= 0.6 is 0 Å². The number of allylic oxidation sites excluding steroid dienone is 3. The Labute approximate surface area is 219 Å². The van der Waals surface area contributed by atoms with Crippen LogP contribution in [0.5, 0.6) is 0 Å². The van der Waals surface area contributed by atoms with E-state index in [4.69, 9.17) is 4.84 Å². The fraction of sp³-hybridized carbons (Fsp3) is 0.567. The molecule has 1 aliphatic heterocycles. The molecule has 0 bridgehead atoms. The quantitative estimate of drug-likeness (QED) is 0.232. The maximum absolute atomic E-state index is 13.7. The number of imide groups is 1. The second-order valence-corrected chi connectivity index (χ2v) is 11.0. The molecule has 0 unspecified atom stereocenters. The summed E-state index contributed by atoms with van der Waals surface area (Å²) in [5.74, 6) is -2.34. The first kappa shape index (κ1) is 27.3. The van der Waals surface area contributed by atoms with E-state index >= 15 is 0 Å². The van der Waals surface area contributed by atoms with Gasteiger partial charge in [-0.2, -0.15) is 0 Å². The Hall–Kier alpha value is -2.77. The standard InChI is InChI=1S/C30H40N2O5/c1-18(2)9-8-10-19(3)15-16-37-31-24-17-25(33)28(34)26-22(24)13-14-23-27(26)30(36)32(29(23)35)20(4)21-11-6-5-7-12-21/h5-7,9,11-12,15,20,22-23,25-28,33-34H,8,10,13-14,16-17H2,1-4H3/b19-15+,31-24+/t20-,22+,23+,25+,26-,27+,28+/m0/s1. The highest BCUT2D eigenvalue weighted by atomic mass is 16.6. The highest BCUT2D eigenvalue weighted by Crippen LogP contribution is 2.51. The van der Waals surface area contributed by atoms with Gasteiger partial charge in [0.1, 0.15) is 6.61 Å². The van der Waals surface area contributed by atoms with E-state index in [1.807, 2.05) is 43.3 Å². The first-order valence-corrected chi connectivity index (χ1v) is 13.5. The van der Waals surface area contributed by atoms with Gasteiger partial charge in [0.15, 0.2) is 0 Å². The molecule has 1 heterocycles. The zero-order chi connectivity index (χ0) is 26.7. The third-order valence-electron chi connectivity index (χ3n) is 8.26. The van der Waals surface area contributed by atoms with Gasteiger partial charge in [0.05, 0.1) is 35.8 Å². The van der Waals surface area contributed by atoms with Gasteiger partial charge >= 0.3 is 0 Å². The fourth-order valence-corrected chi connectivity index (χ4v) is 6.25. The monoisotopic (exact) mass is 508 g/mol. The number of benzene rings is 1. The third kappa shape index (κ3) is 5.73. The molecule has 7 heteroatoms. The Morgan fingerprint density at radius 2 is 1.78 bits per heavy atom. The highest BCUT2D eigenvalue weighted by molar-refractivity contribution is 6.06. The van der Waals surface area contributed by atoms with E-state index in [9.17, 15) is 19.8 Å². The van der Waals surface area contributed by atoms with Crippen molar-refractivity contribution in [1.29, 1.82) is 0 Å². The van der Waals surface area contributed by atoms with Crippen molar-refractivity contribution >= 4 is 17.5 Å². The average Bonchev–Trinajstić information content (AvgIpc) is 3.13. The van der Waals surface area contributed by atoms with Crippen LogP contribution in [0.4, 0.5) is 0 Å². The normalized spacial score (nSPS) is 31.7. The molecule has 7 nitrogen and oxygen atoms in total. The van der Waals surface area contributed by atoms with E-state index in [1.165, 1.54) is 16.0 Å². The summed E-state index contributed by atoms with van der Waals surface area (Å²) < 4.78 is 0. The van der Waals surface area contributed by atoms with E-state index in [2.05, 4.69) is 32.0 Å². The summed E-state index contributed by atoms with van der Waals surface area (Å²) in [5.41, 5.74) is 4.09. The predicted molar refractivity (Wildman–Crippen MR) is 142 cm³/mol. The summed E-state index contributed by atoms with van der Waals surface area (Å²) in [5, 5.41) is 26.1. The summed E-state index contributed by atoms with van der Waals surface area (Å²) in [6.45, 7) is 8.43. The van der Waals surface area contributed by atoms with Gasteiger partial charge in [-0.05, 0) is 65.0 Å². The van der Waals surface area contributed by atoms with Gasteiger partial charge < -0.3 is 15.1 Å². The number of oxime groups is 1. The first-order chi connectivity index (χ1) is 17.7. The molecule has 1 aromatic carbocycles. The van der Waals surface area contributed by atoms with Crippen LogP contribution in [-0.4, -0.2) is 51.5 Å². The molecule has 200 valence electrons. The van der Waals surface area contributed by atoms with E-state index in [0.717, 1.165) is 18.4 Å². The predicted octanol–water partition coefficient (Wildman–Crippen LogP) is 4.57. The molecule has 2 N–H and O–H groups in total. The second-order valence-electron chi connectivity index (χ2n) is 11.0. The van der Waals surface area contributed by atoms with Crippen LogP contribution in [0, 0.1) is 23.7 Å². The van der Waals surface area contributed by atoms with Crippen molar-refractivity contribution in [3.8, 4) is 0 Å². The maximum atomic E-state index is 13.7. The molecule has 0 radical (unpaired) electrons. The number of carbonyl (C=O) groups excluding carboxylic acids is 2. The fourth-order valence-electron chi connectivity index (χ4n) is 6.25. The van der Waals surface area contributed by atoms with Crippen molar-refractivity contribution < 1.29 is 24.6 Å². The molecule has 0 spiro atoms. The Kier molecular flexibility index (Phi) is 8.65. The molecule has 2 saturated carbocycles. The highest BCUT2D eigenvalue weighted by Gasteiger charge is 2.60. The minimum Gasteiger partial charge on any atom is -0.392 e. The lowest BCUT2D eigenvalue weighted by Crippen LogP contribution is -2.54. The number of aliphatic hydroxyl groups excluding tert-OH is 2. The summed E-state index contributed by atoms with van der Waals surface area (Å²) in [6.07, 6.45) is 5.41. The number of hydrogen-bond donors (Lipinski definition) is 2. The molecule has 4 rings (SSSR count). The summed E-state index contributed by atoms with van der Waals surface area (Å²) in [4.78, 5) is 34.1. The number of carbonyl (C=O) groups is 2. The van der Waals surface area contributed by atoms with E-state index in [-0.39, 0.29) is 30.2 Å². The molecule has 1 saturated heterocycles. The average molecular weight is 509 g/mol. The Bertz CT molecular complexity index is 1070. The zero-order valence-electron chi connectivity index (χ0n) is 22.3. The molecular weight excluding hydrogens is 468 g/mol. The summed E-state index contributed by atoms with van der Waals surface area (Å²) in [6, 6.07) is 9.12. The zero-order valence-corrected chi connectivity index (χ0v) is 22.3. The topological polar surface area (TPSA) is 99.4 Å². The van der Waals surface area contributed by atoms with Crippen LogP contribution in [0.1, 0.15) is 71.4 Å². The van der Waals surface area contributed by atoms with Crippen LogP contribution in [-0.2, 0) is 14.4 Å². The van der Waals surface area contributed by atoms with E-state index < -0.39 is 30.0 Å². The van der Waals surface area contributed by atoms with Gasteiger partial charge in [0.2, 0.25) is 11.8 Å². The number of hydrogen-bond acceptors (Lipinski definition) is 6. The van der Waals surface area contributed by atoms with E-state index in [0.29, 0.717) is 25.2 Å². The molecule has 2 amide bonds. The lowest BCUT2D eigenvalue weighted by Gasteiger charge is -2.45. The molecule has 2 aliphatic carbocycles. The van der Waals surface area contributed by atoms with Crippen molar-refractivity contribution in [2.75, 3.05) is 6.61 Å². The van der Waals surface area contributed by atoms with Crippen LogP contribution in [0.3, 0.4) is 0 Å². The first-order valence-electron chi connectivity index (χ1n) is 13.5. The second kappa shape index (κ2) is 11.7. The number of likely N-dealkylation sites (tertiary alicyclic amines) is 1. The van der Waals surface area contributed by atoms with Crippen molar-refractivity contribution in [1.82, 2.24) is 4.90 Å². The van der Waals surface area contributed by atoms with Gasteiger partial charge in [-0.3, -0.25) is 14.5 Å². The summed E-state index contributed by atoms with van der Waals surface area (Å²) >= 11 is 0. The molecule has 7 atom stereocenters. The molecule has 37 heavy (non-hydrogen) atoms. The van der Waals surface area contributed by atoms with Gasteiger partial charge in [-0.25, -0.2) is 0 Å². The number of nitrogens with zero attached hydrogens (tertiary/aromatic N) is 2. The van der Waals surface area contributed by atoms with E-state index in [1.54, 1.807) is 0 Å². The number of fused-ring (bicyclic) bond motifs is 3. The molecule has 0 aromatic heterocycles. The lowest BCUT2D eigenvalue weighted by atomic mass is 9.60. The smallest absolute Gasteiger partial charge is 0.234 e. The molecule has 3 aliphatic rings. The summed E-state index contributed by atoms with van der Waals surface area (Å²) in [7, 11) is 0. The lowest BCUT2D eigenvalue weighted by molar-refractivity contribution is -0.144. The van der Waals surface area contributed by atoms with Crippen molar-refractivity contribution in [2.24, 2.45) is 28.8 Å². The Balaban J connectivity index is 1.49. The maximum Gasteiger partial charge on any atom is 0.234 e. The van der Waals surface area contributed by atoms with Gasteiger partial charge in [-0.15, -0.1) is 0 Å². The van der Waals surface area contributed by atoms with Gasteiger partial charge in [0.25, 0.3) is 0 Å². The number of rotatable bonds is 8. The van der Waals surface area contributed by atoms with Crippen LogP contribution in [0.2, 0.25) is 0 Å². The Morgan fingerprint density at radius 1 is 1.08 bits per heavy atom. The SMILES string of the molecule is CC(C)=CCC/C(C)=C/CO/N=C1\C[C@@H](O)[C@@H](O)[C@@H]2[C@@H]3C(=O)N([C@@H](C)c4ccccc4)C(=O)[C@@H]3CC[C@H]12. The molecular formula is C30H40N2O5. The minimum atomic E-state index is -1.09. The number of amides is 2. The third-order valence-corrected chi connectivity index (χ3v) is 8.26. The van der Waals surface area contributed by atoms with Gasteiger partial charge in [0, 0.05) is 18.3 Å². The van der Waals surface area contributed by atoms with Crippen LogP contribution < -0.4 is 0 Å². The number of aliphatic hydroxyl groups is 2. The largest absolute Gasteiger partial charge is 0.392 e.